The summed E-state index contributed by atoms with van der Waals surface area (Å²) < 4.78 is 11.4. The van der Waals surface area contributed by atoms with Crippen LogP contribution in [-0.4, -0.2) is 79.2 Å². The summed E-state index contributed by atoms with van der Waals surface area (Å²) in [6.45, 7) is 8.76. The van der Waals surface area contributed by atoms with Crippen molar-refractivity contribution in [2.75, 3.05) is 46.1 Å². The van der Waals surface area contributed by atoms with E-state index in [2.05, 4.69) is 31.7 Å². The van der Waals surface area contributed by atoms with Gasteiger partial charge in [0.25, 0.3) is 5.24 Å². The maximum absolute atomic E-state index is 13.0. The maximum atomic E-state index is 13.0. The van der Waals surface area contributed by atoms with Gasteiger partial charge in [-0.15, -0.1) is 0 Å². The van der Waals surface area contributed by atoms with Crippen molar-refractivity contribution in [3.63, 3.8) is 0 Å². The third kappa shape index (κ3) is 31.5. The Hall–Kier alpha value is -1.54. The SMILES string of the molecule is CCCCCC/C=C\COC(=O)CCCN(CCCC(=O)OC(CCCCCCCC)CCCCCCCC)C(=O)SCCN(C)C. The number of thioether (sulfide) groups is 1. The van der Waals surface area contributed by atoms with Crippen LogP contribution < -0.4 is 0 Å². The Bertz CT molecular complexity index is 760. The van der Waals surface area contributed by atoms with Crippen molar-refractivity contribution in [1.82, 2.24) is 9.80 Å². The van der Waals surface area contributed by atoms with Crippen molar-refractivity contribution >= 4 is 28.9 Å². The lowest BCUT2D eigenvalue weighted by Crippen LogP contribution is -2.31. The lowest BCUT2D eigenvalue weighted by Gasteiger charge is -2.23. The van der Waals surface area contributed by atoms with Gasteiger partial charge in [-0.3, -0.25) is 14.4 Å². The molecule has 0 N–H and O–H groups in total. The molecule has 0 aliphatic carbocycles. The van der Waals surface area contributed by atoms with Gasteiger partial charge in [0, 0.05) is 38.2 Å². The predicted octanol–water partition coefficient (Wildman–Crippen LogP) is 10.7. The standard InChI is InChI=1S/C39H74N2O5S/c1-6-9-12-15-18-21-24-34-45-37(42)29-25-31-41(39(44)47-35-33-40(4)5)32-26-30-38(43)46-36(27-22-19-16-13-10-7-2)28-23-20-17-14-11-8-3/h21,24,36H,6-20,22-23,25-35H2,1-5H3/b24-21-. The van der Waals surface area contributed by atoms with Gasteiger partial charge >= 0.3 is 11.9 Å². The van der Waals surface area contributed by atoms with Crippen LogP contribution in [0.2, 0.25) is 0 Å². The largest absolute Gasteiger partial charge is 0.462 e. The first-order chi connectivity index (χ1) is 22.8. The fraction of sp³-hybridized carbons (Fsp3) is 0.872. The summed E-state index contributed by atoms with van der Waals surface area (Å²) in [7, 11) is 3.99. The van der Waals surface area contributed by atoms with Crippen LogP contribution in [0.4, 0.5) is 4.79 Å². The Labute approximate surface area is 294 Å². The summed E-state index contributed by atoms with van der Waals surface area (Å²) in [4.78, 5) is 42.1. The molecule has 1 amide bonds. The molecule has 0 radical (unpaired) electrons. The minimum absolute atomic E-state index is 0.00101. The fourth-order valence-corrected chi connectivity index (χ4v) is 6.43. The molecule has 0 saturated carbocycles. The van der Waals surface area contributed by atoms with Crippen LogP contribution in [0.25, 0.3) is 0 Å². The topological polar surface area (TPSA) is 76.1 Å². The molecule has 276 valence electrons. The molecular weight excluding hydrogens is 609 g/mol. The highest BCUT2D eigenvalue weighted by atomic mass is 32.2. The quantitative estimate of drug-likeness (QED) is 0.0387. The van der Waals surface area contributed by atoms with Gasteiger partial charge < -0.3 is 19.3 Å². The van der Waals surface area contributed by atoms with E-state index in [1.54, 1.807) is 4.90 Å². The zero-order valence-electron chi connectivity index (χ0n) is 31.4. The average Bonchev–Trinajstić information content (AvgIpc) is 3.04. The molecule has 7 nitrogen and oxygen atoms in total. The Morgan fingerprint density at radius 3 is 1.68 bits per heavy atom. The molecule has 8 heteroatoms. The summed E-state index contributed by atoms with van der Waals surface area (Å²) in [6, 6.07) is 0. The predicted molar refractivity (Wildman–Crippen MR) is 201 cm³/mol. The van der Waals surface area contributed by atoms with E-state index in [0.717, 1.165) is 38.6 Å². The molecule has 0 atom stereocenters. The van der Waals surface area contributed by atoms with Gasteiger partial charge in [-0.05, 0) is 65.5 Å². The number of amides is 1. The molecule has 0 heterocycles. The number of ether oxygens (including phenoxy) is 2. The van der Waals surface area contributed by atoms with Gasteiger partial charge in [-0.1, -0.05) is 128 Å². The van der Waals surface area contributed by atoms with E-state index in [-0.39, 0.29) is 29.7 Å². The first kappa shape index (κ1) is 45.5. The first-order valence-electron chi connectivity index (χ1n) is 19.4. The highest BCUT2D eigenvalue weighted by Crippen LogP contribution is 2.18. The van der Waals surface area contributed by atoms with Gasteiger partial charge in [0.2, 0.25) is 0 Å². The second kappa shape index (κ2) is 34.3. The van der Waals surface area contributed by atoms with Crippen LogP contribution in [0.1, 0.15) is 168 Å². The number of hydrogen-bond donors (Lipinski definition) is 0. The second-order valence-electron chi connectivity index (χ2n) is 13.3. The Morgan fingerprint density at radius 1 is 0.617 bits per heavy atom. The summed E-state index contributed by atoms with van der Waals surface area (Å²) in [5, 5.41) is 0.00335. The van der Waals surface area contributed by atoms with Crippen LogP contribution in [0.15, 0.2) is 12.2 Å². The van der Waals surface area contributed by atoms with E-state index in [1.807, 2.05) is 20.2 Å². The average molecular weight is 683 g/mol. The van der Waals surface area contributed by atoms with E-state index in [0.29, 0.717) is 44.7 Å². The van der Waals surface area contributed by atoms with Gasteiger partial charge in [0.05, 0.1) is 0 Å². The molecule has 0 saturated heterocycles. The number of nitrogens with zero attached hydrogens (tertiary/aromatic N) is 2. The fourth-order valence-electron chi connectivity index (χ4n) is 5.43. The molecule has 47 heavy (non-hydrogen) atoms. The van der Waals surface area contributed by atoms with Gasteiger partial charge in [0.15, 0.2) is 0 Å². The number of carbonyl (C=O) groups is 3. The zero-order chi connectivity index (χ0) is 34.8. The molecule has 0 unspecified atom stereocenters. The van der Waals surface area contributed by atoms with Crippen molar-refractivity contribution in [1.29, 1.82) is 0 Å². The van der Waals surface area contributed by atoms with Crippen LogP contribution in [-0.2, 0) is 19.1 Å². The van der Waals surface area contributed by atoms with E-state index in [4.69, 9.17) is 9.47 Å². The van der Waals surface area contributed by atoms with Crippen LogP contribution in [0, 0.1) is 0 Å². The van der Waals surface area contributed by atoms with Crippen molar-refractivity contribution < 1.29 is 23.9 Å². The number of unbranched alkanes of at least 4 members (excludes halogenated alkanes) is 14. The van der Waals surface area contributed by atoms with E-state index >= 15 is 0 Å². The van der Waals surface area contributed by atoms with Crippen molar-refractivity contribution in [3.05, 3.63) is 12.2 Å². The summed E-state index contributed by atoms with van der Waals surface area (Å²) in [5.74, 6) is 0.315. The van der Waals surface area contributed by atoms with E-state index in [9.17, 15) is 14.4 Å². The Balaban J connectivity index is 4.75. The van der Waals surface area contributed by atoms with Gasteiger partial charge in [-0.25, -0.2) is 0 Å². The molecule has 0 bridgehead atoms. The lowest BCUT2D eigenvalue weighted by molar-refractivity contribution is -0.150. The smallest absolute Gasteiger partial charge is 0.306 e. The zero-order valence-corrected chi connectivity index (χ0v) is 32.2. The van der Waals surface area contributed by atoms with E-state index < -0.39 is 0 Å². The highest BCUT2D eigenvalue weighted by molar-refractivity contribution is 8.13. The van der Waals surface area contributed by atoms with Crippen molar-refractivity contribution in [3.8, 4) is 0 Å². The van der Waals surface area contributed by atoms with Crippen LogP contribution in [0.3, 0.4) is 0 Å². The van der Waals surface area contributed by atoms with Crippen molar-refractivity contribution in [2.24, 2.45) is 0 Å². The third-order valence-electron chi connectivity index (χ3n) is 8.43. The molecule has 0 aliphatic heterocycles. The van der Waals surface area contributed by atoms with Gasteiger partial charge in [0.1, 0.15) is 12.7 Å². The highest BCUT2D eigenvalue weighted by Gasteiger charge is 2.18. The van der Waals surface area contributed by atoms with Gasteiger partial charge in [-0.2, -0.15) is 0 Å². The Morgan fingerprint density at radius 2 is 1.13 bits per heavy atom. The van der Waals surface area contributed by atoms with Crippen molar-refractivity contribution in [2.45, 2.75) is 175 Å². The molecule has 0 rings (SSSR count). The molecular formula is C39H74N2O5S. The molecule has 0 aliphatic rings. The number of esters is 2. The molecule has 0 spiro atoms. The first-order valence-corrected chi connectivity index (χ1v) is 20.4. The van der Waals surface area contributed by atoms with Crippen LogP contribution in [0.5, 0.6) is 0 Å². The summed E-state index contributed by atoms with van der Waals surface area (Å²) in [6.07, 6.45) is 28.4. The minimum atomic E-state index is -0.237. The lowest BCUT2D eigenvalue weighted by atomic mass is 10.0. The molecule has 0 aromatic heterocycles. The summed E-state index contributed by atoms with van der Waals surface area (Å²) >= 11 is 1.30. The van der Waals surface area contributed by atoms with Crippen LogP contribution >= 0.6 is 11.8 Å². The third-order valence-corrected chi connectivity index (χ3v) is 9.32. The monoisotopic (exact) mass is 683 g/mol. The van der Waals surface area contributed by atoms with E-state index in [1.165, 1.54) is 102 Å². The number of rotatable bonds is 33. The minimum Gasteiger partial charge on any atom is -0.462 e. The Kier molecular flexibility index (Phi) is 33.2. The normalized spacial score (nSPS) is 11.6. The number of carbonyl (C=O) groups excluding carboxylic acids is 3. The molecule has 0 aromatic carbocycles. The summed E-state index contributed by atoms with van der Waals surface area (Å²) in [5.41, 5.74) is 0. The molecule has 0 aromatic rings. The second-order valence-corrected chi connectivity index (χ2v) is 14.4. The number of hydrogen-bond acceptors (Lipinski definition) is 7. The number of allylic oxidation sites excluding steroid dienone is 1. The molecule has 0 fully saturated rings. The maximum Gasteiger partial charge on any atom is 0.306 e.